The van der Waals surface area contributed by atoms with Crippen molar-refractivity contribution in [2.24, 2.45) is 0 Å². The first-order valence-electron chi connectivity index (χ1n) is 8.64. The number of hydrogen-bond donors (Lipinski definition) is 2. The van der Waals surface area contributed by atoms with Gasteiger partial charge >= 0.3 is 11.9 Å². The van der Waals surface area contributed by atoms with E-state index in [1.165, 1.54) is 6.07 Å². The highest BCUT2D eigenvalue weighted by Gasteiger charge is 2.22. The van der Waals surface area contributed by atoms with Crippen molar-refractivity contribution in [3.63, 3.8) is 0 Å². The van der Waals surface area contributed by atoms with E-state index in [0.29, 0.717) is 25.2 Å². The maximum Gasteiger partial charge on any atom is 0.414 e. The molecule has 0 aromatic heterocycles. The number of hydrogen-bond acceptors (Lipinski definition) is 4. The van der Waals surface area contributed by atoms with E-state index in [0.717, 1.165) is 18.7 Å². The van der Waals surface area contributed by atoms with Gasteiger partial charge in [-0.05, 0) is 18.2 Å². The number of benzene rings is 2. The van der Waals surface area contributed by atoms with Crippen LogP contribution in [-0.4, -0.2) is 64.0 Å². The van der Waals surface area contributed by atoms with Gasteiger partial charge in [0.2, 0.25) is 0 Å². The third kappa shape index (κ3) is 6.17. The van der Waals surface area contributed by atoms with Crippen molar-refractivity contribution >= 4 is 17.8 Å². The molecule has 1 saturated heterocycles. The van der Waals surface area contributed by atoms with Crippen LogP contribution in [0.5, 0.6) is 0 Å². The SMILES string of the molecule is O=C(O)C(=O)O.O=C(c1ccccc1)N1CCN(Cc2ccccc2F)CC1. The quantitative estimate of drug-likeness (QED) is 0.780. The van der Waals surface area contributed by atoms with Crippen LogP contribution >= 0.6 is 0 Å². The Labute approximate surface area is 161 Å². The average molecular weight is 388 g/mol. The summed E-state index contributed by atoms with van der Waals surface area (Å²) in [6.07, 6.45) is 0. The summed E-state index contributed by atoms with van der Waals surface area (Å²) in [5.74, 6) is -3.73. The molecule has 28 heavy (non-hydrogen) atoms. The van der Waals surface area contributed by atoms with Gasteiger partial charge in [0.05, 0.1) is 0 Å². The van der Waals surface area contributed by atoms with E-state index in [4.69, 9.17) is 19.8 Å². The molecule has 3 rings (SSSR count). The fourth-order valence-corrected chi connectivity index (χ4v) is 2.74. The molecule has 1 aliphatic heterocycles. The van der Waals surface area contributed by atoms with Gasteiger partial charge < -0.3 is 15.1 Å². The molecule has 0 bridgehead atoms. The molecule has 0 saturated carbocycles. The fraction of sp³-hybridized carbons (Fsp3) is 0.250. The predicted molar refractivity (Wildman–Crippen MR) is 99.3 cm³/mol. The van der Waals surface area contributed by atoms with Gasteiger partial charge in [0, 0.05) is 43.9 Å². The third-order valence-corrected chi connectivity index (χ3v) is 4.21. The Hall–Kier alpha value is -3.26. The molecule has 0 atom stereocenters. The Morgan fingerprint density at radius 1 is 0.821 bits per heavy atom. The van der Waals surface area contributed by atoms with Gasteiger partial charge in [0.25, 0.3) is 5.91 Å². The number of carbonyl (C=O) groups excluding carboxylic acids is 1. The lowest BCUT2D eigenvalue weighted by Crippen LogP contribution is -2.48. The summed E-state index contributed by atoms with van der Waals surface area (Å²) in [5.41, 5.74) is 1.44. The maximum atomic E-state index is 13.7. The minimum Gasteiger partial charge on any atom is -0.473 e. The van der Waals surface area contributed by atoms with Crippen molar-refractivity contribution < 1.29 is 29.0 Å². The van der Waals surface area contributed by atoms with Gasteiger partial charge in [0.1, 0.15) is 5.82 Å². The number of aliphatic carboxylic acids is 2. The van der Waals surface area contributed by atoms with E-state index in [1.54, 1.807) is 6.07 Å². The van der Waals surface area contributed by atoms with E-state index in [-0.39, 0.29) is 11.7 Å². The third-order valence-electron chi connectivity index (χ3n) is 4.21. The van der Waals surface area contributed by atoms with Crippen LogP contribution in [0.3, 0.4) is 0 Å². The van der Waals surface area contributed by atoms with Crippen LogP contribution in [-0.2, 0) is 16.1 Å². The second-order valence-corrected chi connectivity index (χ2v) is 6.14. The fourth-order valence-electron chi connectivity index (χ4n) is 2.74. The molecule has 1 aliphatic rings. The van der Waals surface area contributed by atoms with Gasteiger partial charge in [-0.2, -0.15) is 0 Å². The van der Waals surface area contributed by atoms with Crippen molar-refractivity contribution in [2.45, 2.75) is 6.54 Å². The van der Waals surface area contributed by atoms with E-state index < -0.39 is 11.9 Å². The molecule has 0 unspecified atom stereocenters. The van der Waals surface area contributed by atoms with Crippen LogP contribution in [0.4, 0.5) is 4.39 Å². The molecular formula is C20H21FN2O5. The predicted octanol–water partition coefficient (Wildman–Crippen LogP) is 1.94. The zero-order chi connectivity index (χ0) is 20.5. The van der Waals surface area contributed by atoms with Crippen molar-refractivity contribution in [1.82, 2.24) is 9.80 Å². The number of carboxylic acids is 2. The first-order valence-corrected chi connectivity index (χ1v) is 8.64. The lowest BCUT2D eigenvalue weighted by Gasteiger charge is -2.34. The van der Waals surface area contributed by atoms with Gasteiger partial charge in [-0.1, -0.05) is 36.4 Å². The number of halogens is 1. The standard InChI is InChI=1S/C18H19FN2O.C2H2O4/c19-17-9-5-4-8-16(17)14-20-10-12-21(13-11-20)18(22)15-6-2-1-3-7-15;3-1(4)2(5)6/h1-9H,10-14H2;(H,3,4)(H,5,6). The van der Waals surface area contributed by atoms with Crippen molar-refractivity contribution in [1.29, 1.82) is 0 Å². The van der Waals surface area contributed by atoms with Gasteiger partial charge in [-0.15, -0.1) is 0 Å². The van der Waals surface area contributed by atoms with Crippen molar-refractivity contribution in [3.8, 4) is 0 Å². The maximum absolute atomic E-state index is 13.7. The van der Waals surface area contributed by atoms with Crippen LogP contribution in [0, 0.1) is 5.82 Å². The first-order chi connectivity index (χ1) is 13.4. The summed E-state index contributed by atoms with van der Waals surface area (Å²) >= 11 is 0. The van der Waals surface area contributed by atoms with Crippen LogP contribution in [0.15, 0.2) is 54.6 Å². The number of amides is 1. The van der Waals surface area contributed by atoms with E-state index >= 15 is 0 Å². The zero-order valence-corrected chi connectivity index (χ0v) is 15.1. The minimum atomic E-state index is -1.82. The second kappa shape index (κ2) is 10.2. The highest BCUT2D eigenvalue weighted by atomic mass is 19.1. The van der Waals surface area contributed by atoms with E-state index in [9.17, 15) is 9.18 Å². The van der Waals surface area contributed by atoms with Gasteiger partial charge in [0.15, 0.2) is 0 Å². The van der Waals surface area contributed by atoms with Gasteiger partial charge in [-0.3, -0.25) is 9.69 Å². The molecule has 1 amide bonds. The minimum absolute atomic E-state index is 0.0751. The molecular weight excluding hydrogens is 367 g/mol. The number of nitrogens with zero attached hydrogens (tertiary/aromatic N) is 2. The van der Waals surface area contributed by atoms with Crippen LogP contribution in [0.2, 0.25) is 0 Å². The molecule has 2 N–H and O–H groups in total. The first kappa shape index (κ1) is 21.0. The summed E-state index contributed by atoms with van der Waals surface area (Å²) in [5, 5.41) is 14.8. The molecule has 0 spiro atoms. The number of piperazine rings is 1. The summed E-state index contributed by atoms with van der Waals surface area (Å²) in [6, 6.07) is 16.2. The van der Waals surface area contributed by atoms with Crippen LogP contribution in [0.25, 0.3) is 0 Å². The summed E-state index contributed by atoms with van der Waals surface area (Å²) in [6.45, 7) is 3.50. The molecule has 1 fully saturated rings. The molecule has 8 heteroatoms. The highest BCUT2D eigenvalue weighted by Crippen LogP contribution is 2.13. The summed E-state index contributed by atoms with van der Waals surface area (Å²) in [7, 11) is 0. The Balaban J connectivity index is 0.000000409. The molecule has 148 valence electrons. The van der Waals surface area contributed by atoms with Crippen LogP contribution in [0.1, 0.15) is 15.9 Å². The zero-order valence-electron chi connectivity index (χ0n) is 15.1. The molecule has 2 aromatic carbocycles. The normalized spacial score (nSPS) is 14.0. The molecule has 1 heterocycles. The average Bonchev–Trinajstić information content (AvgIpc) is 2.71. The highest BCUT2D eigenvalue weighted by molar-refractivity contribution is 6.27. The van der Waals surface area contributed by atoms with E-state index in [1.807, 2.05) is 47.4 Å². The lowest BCUT2D eigenvalue weighted by molar-refractivity contribution is -0.159. The molecule has 2 aromatic rings. The Morgan fingerprint density at radius 2 is 1.36 bits per heavy atom. The Kier molecular flexibility index (Phi) is 7.65. The summed E-state index contributed by atoms with van der Waals surface area (Å²) in [4.78, 5) is 34.6. The lowest BCUT2D eigenvalue weighted by atomic mass is 10.1. The van der Waals surface area contributed by atoms with E-state index in [2.05, 4.69) is 4.90 Å². The number of carboxylic acid groups (broad SMARTS) is 2. The van der Waals surface area contributed by atoms with Gasteiger partial charge in [-0.25, -0.2) is 14.0 Å². The Bertz CT molecular complexity index is 808. The molecule has 0 aliphatic carbocycles. The smallest absolute Gasteiger partial charge is 0.414 e. The van der Waals surface area contributed by atoms with Crippen LogP contribution < -0.4 is 0 Å². The molecule has 7 nitrogen and oxygen atoms in total. The topological polar surface area (TPSA) is 98.1 Å². The van der Waals surface area contributed by atoms with Crippen molar-refractivity contribution in [2.75, 3.05) is 26.2 Å². The van der Waals surface area contributed by atoms with Crippen molar-refractivity contribution in [3.05, 3.63) is 71.5 Å². The Morgan fingerprint density at radius 3 is 1.89 bits per heavy atom. The second-order valence-electron chi connectivity index (χ2n) is 6.14. The molecule has 0 radical (unpaired) electrons. The monoisotopic (exact) mass is 388 g/mol. The number of rotatable bonds is 3. The number of carbonyl (C=O) groups is 3. The summed E-state index contributed by atoms with van der Waals surface area (Å²) < 4.78 is 13.7. The largest absolute Gasteiger partial charge is 0.473 e.